The zero-order valence-corrected chi connectivity index (χ0v) is 16.6. The van der Waals surface area contributed by atoms with Gasteiger partial charge in [-0.15, -0.1) is 0 Å². The van der Waals surface area contributed by atoms with Crippen LogP contribution in [0.1, 0.15) is 17.5 Å². The van der Waals surface area contributed by atoms with E-state index in [4.69, 9.17) is 11.6 Å². The zero-order chi connectivity index (χ0) is 19.8. The van der Waals surface area contributed by atoms with Crippen LogP contribution < -0.4 is 9.80 Å². The first-order chi connectivity index (χ1) is 13.4. The number of carbonyl (C=O) groups excluding carboxylic acids is 1. The van der Waals surface area contributed by atoms with Crippen LogP contribution >= 0.6 is 11.6 Å². The summed E-state index contributed by atoms with van der Waals surface area (Å²) in [6, 6.07) is 18.7. The van der Waals surface area contributed by atoms with E-state index in [-0.39, 0.29) is 11.7 Å². The minimum absolute atomic E-state index is 0.0387. The number of carbonyl (C=O) groups is 1. The summed E-state index contributed by atoms with van der Waals surface area (Å²) in [5, 5.41) is 10.2. The Morgan fingerprint density at radius 3 is 2.32 bits per heavy atom. The third-order valence-electron chi connectivity index (χ3n) is 5.02. The van der Waals surface area contributed by atoms with E-state index in [1.54, 1.807) is 17.0 Å². The zero-order valence-electron chi connectivity index (χ0n) is 15.8. The van der Waals surface area contributed by atoms with Crippen LogP contribution in [0.5, 0.6) is 5.75 Å². The van der Waals surface area contributed by atoms with Crippen LogP contribution in [0.25, 0.3) is 0 Å². The van der Waals surface area contributed by atoms with E-state index in [9.17, 15) is 9.90 Å². The molecular weight excluding hydrogens is 372 g/mol. The standard InChI is InChI=1S/C23H21ClN2O2/c1-15-3-9-20(16(2)13-15)26-21-10-4-17(24)14-22(21)25(12-11-23(26)28)18-5-7-19(27)8-6-18/h3-10,13-14,27H,11-12H2,1-2H3. The predicted molar refractivity (Wildman–Crippen MR) is 114 cm³/mol. The molecule has 0 atom stereocenters. The molecular formula is C23H21ClN2O2. The van der Waals surface area contributed by atoms with Crippen molar-refractivity contribution in [1.82, 2.24) is 0 Å². The lowest BCUT2D eigenvalue weighted by molar-refractivity contribution is -0.117. The van der Waals surface area contributed by atoms with Crippen molar-refractivity contribution < 1.29 is 9.90 Å². The molecule has 4 rings (SSSR count). The van der Waals surface area contributed by atoms with Crippen LogP contribution in [0.4, 0.5) is 22.7 Å². The molecule has 0 aliphatic carbocycles. The maximum absolute atomic E-state index is 13.2. The highest BCUT2D eigenvalue weighted by atomic mass is 35.5. The van der Waals surface area contributed by atoms with Gasteiger partial charge in [0.2, 0.25) is 5.91 Å². The van der Waals surface area contributed by atoms with E-state index in [0.29, 0.717) is 18.0 Å². The van der Waals surface area contributed by atoms with E-state index >= 15 is 0 Å². The predicted octanol–water partition coefficient (Wildman–Crippen LogP) is 5.87. The molecule has 3 aromatic carbocycles. The van der Waals surface area contributed by atoms with Gasteiger partial charge in [0.15, 0.2) is 0 Å². The van der Waals surface area contributed by atoms with Gasteiger partial charge < -0.3 is 10.0 Å². The van der Waals surface area contributed by atoms with Crippen molar-refractivity contribution in [3.05, 3.63) is 76.8 Å². The van der Waals surface area contributed by atoms with Gasteiger partial charge in [-0.2, -0.15) is 0 Å². The Bertz CT molecular complexity index is 1050. The van der Waals surface area contributed by atoms with Crippen molar-refractivity contribution >= 4 is 40.3 Å². The fourth-order valence-electron chi connectivity index (χ4n) is 3.70. The highest BCUT2D eigenvalue weighted by Gasteiger charge is 2.29. The average molecular weight is 393 g/mol. The summed E-state index contributed by atoms with van der Waals surface area (Å²) in [4.78, 5) is 17.0. The fraction of sp³-hybridized carbons (Fsp3) is 0.174. The van der Waals surface area contributed by atoms with Gasteiger partial charge in [0, 0.05) is 23.7 Å². The number of amides is 1. The lowest BCUT2D eigenvalue weighted by Crippen LogP contribution is -2.26. The van der Waals surface area contributed by atoms with E-state index in [1.807, 2.05) is 56.3 Å². The second kappa shape index (κ2) is 7.21. The summed E-state index contributed by atoms with van der Waals surface area (Å²) < 4.78 is 0. The molecule has 0 aromatic heterocycles. The number of fused-ring (bicyclic) bond motifs is 1. The topological polar surface area (TPSA) is 43.8 Å². The number of anilines is 4. The number of aromatic hydroxyl groups is 1. The molecule has 4 nitrogen and oxygen atoms in total. The number of rotatable bonds is 2. The molecule has 0 bridgehead atoms. The average Bonchev–Trinajstić information content (AvgIpc) is 2.79. The van der Waals surface area contributed by atoms with Crippen LogP contribution in [-0.2, 0) is 4.79 Å². The molecule has 28 heavy (non-hydrogen) atoms. The molecule has 142 valence electrons. The SMILES string of the molecule is Cc1ccc(N2C(=O)CCN(c3ccc(O)cc3)c3cc(Cl)ccc32)c(C)c1. The largest absolute Gasteiger partial charge is 0.508 e. The maximum atomic E-state index is 13.2. The normalized spacial score (nSPS) is 14.0. The van der Waals surface area contributed by atoms with Gasteiger partial charge in [0.05, 0.1) is 17.1 Å². The Hall–Kier alpha value is -2.98. The van der Waals surface area contributed by atoms with Gasteiger partial charge >= 0.3 is 0 Å². The number of benzene rings is 3. The molecule has 1 amide bonds. The van der Waals surface area contributed by atoms with Crippen molar-refractivity contribution in [2.45, 2.75) is 20.3 Å². The first kappa shape index (κ1) is 18.4. The molecule has 1 aliphatic rings. The Kier molecular flexibility index (Phi) is 4.73. The third-order valence-corrected chi connectivity index (χ3v) is 5.26. The van der Waals surface area contributed by atoms with Crippen LogP contribution in [0, 0.1) is 13.8 Å². The monoisotopic (exact) mass is 392 g/mol. The molecule has 1 aliphatic heterocycles. The van der Waals surface area contributed by atoms with Crippen molar-refractivity contribution in [3.8, 4) is 5.75 Å². The molecule has 0 saturated carbocycles. The summed E-state index contributed by atoms with van der Waals surface area (Å²) in [5.41, 5.74) is 5.65. The van der Waals surface area contributed by atoms with Crippen LogP contribution in [0.15, 0.2) is 60.7 Å². The first-order valence-electron chi connectivity index (χ1n) is 9.20. The Morgan fingerprint density at radius 2 is 1.61 bits per heavy atom. The lowest BCUT2D eigenvalue weighted by atomic mass is 10.1. The number of hydrogen-bond acceptors (Lipinski definition) is 3. The maximum Gasteiger partial charge on any atom is 0.233 e. The van der Waals surface area contributed by atoms with E-state index in [2.05, 4.69) is 11.0 Å². The van der Waals surface area contributed by atoms with Gasteiger partial charge in [-0.1, -0.05) is 29.3 Å². The van der Waals surface area contributed by atoms with Gasteiger partial charge in [-0.05, 0) is 67.9 Å². The molecule has 0 radical (unpaired) electrons. The molecule has 3 aromatic rings. The Labute approximate surface area is 169 Å². The van der Waals surface area contributed by atoms with Gasteiger partial charge in [0.25, 0.3) is 0 Å². The molecule has 5 heteroatoms. The third kappa shape index (κ3) is 3.32. The van der Waals surface area contributed by atoms with Crippen molar-refractivity contribution in [3.63, 3.8) is 0 Å². The van der Waals surface area contributed by atoms with Crippen molar-refractivity contribution in [2.75, 3.05) is 16.3 Å². The number of halogens is 1. The van der Waals surface area contributed by atoms with Crippen LogP contribution in [0.2, 0.25) is 5.02 Å². The number of phenols is 1. The highest BCUT2D eigenvalue weighted by Crippen LogP contribution is 2.43. The molecule has 0 unspecified atom stereocenters. The lowest BCUT2D eigenvalue weighted by Gasteiger charge is -2.28. The number of phenolic OH excluding ortho intramolecular Hbond substituents is 1. The number of aryl methyl sites for hydroxylation is 2. The Morgan fingerprint density at radius 1 is 0.893 bits per heavy atom. The summed E-state index contributed by atoms with van der Waals surface area (Å²) in [6.07, 6.45) is 0.362. The summed E-state index contributed by atoms with van der Waals surface area (Å²) in [5.74, 6) is 0.245. The quantitative estimate of drug-likeness (QED) is 0.593. The number of nitrogens with zero attached hydrogens (tertiary/aromatic N) is 2. The Balaban J connectivity index is 1.90. The van der Waals surface area contributed by atoms with E-state index in [0.717, 1.165) is 33.9 Å². The molecule has 0 spiro atoms. The van der Waals surface area contributed by atoms with Gasteiger partial charge in [-0.25, -0.2) is 0 Å². The molecule has 0 fully saturated rings. The molecule has 0 saturated heterocycles. The molecule has 1 heterocycles. The van der Waals surface area contributed by atoms with Crippen molar-refractivity contribution in [2.24, 2.45) is 0 Å². The second-order valence-electron chi connectivity index (χ2n) is 7.07. The summed E-state index contributed by atoms with van der Waals surface area (Å²) >= 11 is 6.32. The summed E-state index contributed by atoms with van der Waals surface area (Å²) in [7, 11) is 0. The van der Waals surface area contributed by atoms with E-state index < -0.39 is 0 Å². The van der Waals surface area contributed by atoms with Gasteiger partial charge in [-0.3, -0.25) is 9.69 Å². The fourth-order valence-corrected chi connectivity index (χ4v) is 3.86. The van der Waals surface area contributed by atoms with Crippen LogP contribution in [-0.4, -0.2) is 17.6 Å². The minimum Gasteiger partial charge on any atom is -0.508 e. The van der Waals surface area contributed by atoms with E-state index in [1.165, 1.54) is 0 Å². The second-order valence-corrected chi connectivity index (χ2v) is 7.51. The van der Waals surface area contributed by atoms with Crippen molar-refractivity contribution in [1.29, 1.82) is 0 Å². The highest BCUT2D eigenvalue weighted by molar-refractivity contribution is 6.31. The molecule has 1 N–H and O–H groups in total. The first-order valence-corrected chi connectivity index (χ1v) is 9.58. The van der Waals surface area contributed by atoms with Gasteiger partial charge in [0.1, 0.15) is 5.75 Å². The summed E-state index contributed by atoms with van der Waals surface area (Å²) in [6.45, 7) is 4.59. The van der Waals surface area contributed by atoms with Crippen LogP contribution in [0.3, 0.4) is 0 Å². The minimum atomic E-state index is 0.0387. The number of hydrogen-bond donors (Lipinski definition) is 1. The smallest absolute Gasteiger partial charge is 0.233 e.